The van der Waals surface area contributed by atoms with E-state index in [-0.39, 0.29) is 18.1 Å². The topological polar surface area (TPSA) is 78.9 Å². The molecule has 0 spiro atoms. The van der Waals surface area contributed by atoms with Crippen molar-refractivity contribution in [1.82, 2.24) is 10.2 Å². The van der Waals surface area contributed by atoms with E-state index in [2.05, 4.69) is 5.32 Å². The van der Waals surface area contributed by atoms with Gasteiger partial charge in [0.2, 0.25) is 0 Å². The lowest BCUT2D eigenvalue weighted by molar-refractivity contribution is -0.143. The largest absolute Gasteiger partial charge is 0.481 e. The molecule has 1 atom stereocenters. The van der Waals surface area contributed by atoms with Gasteiger partial charge in [0, 0.05) is 26.7 Å². The van der Waals surface area contributed by atoms with Crippen LogP contribution in [0.15, 0.2) is 0 Å². The number of methoxy groups -OCH3 is 1. The Morgan fingerprint density at radius 2 is 1.95 bits per heavy atom. The lowest BCUT2D eigenvalue weighted by Gasteiger charge is -2.27. The fraction of sp³-hybridized carbons (Fsp3) is 0.857. The number of carbonyl (C=O) groups excluding carboxylic acids is 1. The van der Waals surface area contributed by atoms with Gasteiger partial charge in [-0.1, -0.05) is 0 Å². The van der Waals surface area contributed by atoms with Gasteiger partial charge >= 0.3 is 12.0 Å². The molecule has 1 saturated heterocycles. The first-order valence-corrected chi connectivity index (χ1v) is 7.38. The Bertz CT molecular complexity index is 353. The van der Waals surface area contributed by atoms with Crippen molar-refractivity contribution in [2.45, 2.75) is 38.2 Å². The fourth-order valence-electron chi connectivity index (χ4n) is 3.06. The van der Waals surface area contributed by atoms with Crippen molar-refractivity contribution in [3.8, 4) is 0 Å². The van der Waals surface area contributed by atoms with Crippen LogP contribution < -0.4 is 5.32 Å². The number of carboxylic acids is 1. The van der Waals surface area contributed by atoms with Crippen LogP contribution >= 0.6 is 0 Å². The zero-order valence-corrected chi connectivity index (χ0v) is 12.0. The molecule has 1 saturated carbocycles. The molecule has 1 aliphatic heterocycles. The van der Waals surface area contributed by atoms with Gasteiger partial charge in [-0.05, 0) is 38.0 Å². The Balaban J connectivity index is 1.66. The number of carboxylic acid groups (broad SMARTS) is 1. The summed E-state index contributed by atoms with van der Waals surface area (Å²) >= 11 is 0. The van der Waals surface area contributed by atoms with E-state index in [0.29, 0.717) is 19.0 Å². The zero-order valence-electron chi connectivity index (χ0n) is 12.0. The van der Waals surface area contributed by atoms with Crippen LogP contribution in [-0.4, -0.2) is 54.9 Å². The molecule has 2 aliphatic rings. The van der Waals surface area contributed by atoms with Crippen LogP contribution in [0.3, 0.4) is 0 Å². The first kappa shape index (κ1) is 15.1. The second kappa shape index (κ2) is 6.92. The molecular formula is C14H24N2O4. The molecule has 2 amide bonds. The molecule has 20 heavy (non-hydrogen) atoms. The van der Waals surface area contributed by atoms with E-state index in [0.717, 1.165) is 38.6 Å². The van der Waals surface area contributed by atoms with Gasteiger partial charge in [-0.2, -0.15) is 0 Å². The highest BCUT2D eigenvalue weighted by molar-refractivity contribution is 5.74. The minimum absolute atomic E-state index is 0.0232. The Labute approximate surface area is 119 Å². The van der Waals surface area contributed by atoms with E-state index < -0.39 is 5.97 Å². The molecule has 1 aliphatic carbocycles. The Morgan fingerprint density at radius 1 is 1.25 bits per heavy atom. The highest BCUT2D eigenvalue weighted by Crippen LogP contribution is 2.28. The highest BCUT2D eigenvalue weighted by Gasteiger charge is 2.28. The second-order valence-electron chi connectivity index (χ2n) is 5.83. The summed E-state index contributed by atoms with van der Waals surface area (Å²) in [5.41, 5.74) is 0. The Morgan fingerprint density at radius 3 is 2.50 bits per heavy atom. The first-order chi connectivity index (χ1) is 9.60. The average Bonchev–Trinajstić information content (AvgIpc) is 2.94. The third-order valence-electron chi connectivity index (χ3n) is 4.50. The van der Waals surface area contributed by atoms with E-state index in [1.54, 1.807) is 12.0 Å². The number of ether oxygens (including phenoxy) is 1. The molecule has 6 nitrogen and oxygen atoms in total. The third-order valence-corrected chi connectivity index (χ3v) is 4.50. The SMILES string of the molecule is COC1CCN(C(=O)NCC2CCC(C(=O)O)CC2)C1. The maximum Gasteiger partial charge on any atom is 0.317 e. The first-order valence-electron chi connectivity index (χ1n) is 7.38. The van der Waals surface area contributed by atoms with Gasteiger partial charge in [0.1, 0.15) is 0 Å². The predicted octanol–water partition coefficient (Wildman–Crippen LogP) is 1.31. The van der Waals surface area contributed by atoms with Crippen LogP contribution in [0.2, 0.25) is 0 Å². The van der Waals surface area contributed by atoms with Crippen LogP contribution in [0.25, 0.3) is 0 Å². The summed E-state index contributed by atoms with van der Waals surface area (Å²) in [5.74, 6) is -0.464. The summed E-state index contributed by atoms with van der Waals surface area (Å²) in [5, 5.41) is 11.9. The highest BCUT2D eigenvalue weighted by atomic mass is 16.5. The molecule has 0 aromatic heterocycles. The van der Waals surface area contributed by atoms with Gasteiger partial charge < -0.3 is 20.1 Å². The minimum atomic E-state index is -0.685. The van der Waals surface area contributed by atoms with Gasteiger partial charge in [-0.15, -0.1) is 0 Å². The van der Waals surface area contributed by atoms with Crippen LogP contribution in [-0.2, 0) is 9.53 Å². The molecule has 2 rings (SSSR count). The number of hydrogen-bond acceptors (Lipinski definition) is 3. The quantitative estimate of drug-likeness (QED) is 0.816. The van der Waals surface area contributed by atoms with Crippen LogP contribution in [0.4, 0.5) is 4.79 Å². The molecule has 6 heteroatoms. The number of carbonyl (C=O) groups is 2. The van der Waals surface area contributed by atoms with E-state index in [4.69, 9.17) is 9.84 Å². The lowest BCUT2D eigenvalue weighted by Crippen LogP contribution is -2.41. The summed E-state index contributed by atoms with van der Waals surface area (Å²) in [6, 6.07) is -0.0232. The van der Waals surface area contributed by atoms with Crippen molar-refractivity contribution in [3.05, 3.63) is 0 Å². The molecule has 0 bridgehead atoms. The standard InChI is InChI=1S/C14H24N2O4/c1-20-12-6-7-16(9-12)14(19)15-8-10-2-4-11(5-3-10)13(17)18/h10-12H,2-9H2,1H3,(H,15,19)(H,17,18). The molecule has 0 aromatic carbocycles. The molecule has 0 aromatic rings. The van der Waals surface area contributed by atoms with Gasteiger partial charge in [0.05, 0.1) is 12.0 Å². The van der Waals surface area contributed by atoms with Crippen molar-refractivity contribution in [3.63, 3.8) is 0 Å². The van der Waals surface area contributed by atoms with Crippen molar-refractivity contribution in [2.24, 2.45) is 11.8 Å². The van der Waals surface area contributed by atoms with Gasteiger partial charge in [-0.3, -0.25) is 4.79 Å². The third kappa shape index (κ3) is 3.85. The Hall–Kier alpha value is -1.30. The summed E-state index contributed by atoms with van der Waals surface area (Å²) in [6.07, 6.45) is 4.28. The molecule has 1 unspecified atom stereocenters. The van der Waals surface area contributed by atoms with Crippen LogP contribution in [0.5, 0.6) is 0 Å². The zero-order chi connectivity index (χ0) is 14.5. The molecule has 1 heterocycles. The van der Waals surface area contributed by atoms with Gasteiger partial charge in [-0.25, -0.2) is 4.79 Å². The maximum atomic E-state index is 12.0. The monoisotopic (exact) mass is 284 g/mol. The number of amides is 2. The summed E-state index contributed by atoms with van der Waals surface area (Å²) in [4.78, 5) is 24.6. The fourth-order valence-corrected chi connectivity index (χ4v) is 3.06. The number of nitrogens with one attached hydrogen (secondary N) is 1. The van der Waals surface area contributed by atoms with Crippen LogP contribution in [0, 0.1) is 11.8 Å². The normalized spacial score (nSPS) is 30.2. The average molecular weight is 284 g/mol. The Kier molecular flexibility index (Phi) is 5.23. The van der Waals surface area contributed by atoms with Crippen molar-refractivity contribution < 1.29 is 19.4 Å². The predicted molar refractivity (Wildman–Crippen MR) is 73.5 cm³/mol. The van der Waals surface area contributed by atoms with Gasteiger partial charge in [0.15, 0.2) is 0 Å². The number of likely N-dealkylation sites (tertiary alicyclic amines) is 1. The molecular weight excluding hydrogens is 260 g/mol. The van der Waals surface area contributed by atoms with Crippen molar-refractivity contribution >= 4 is 12.0 Å². The summed E-state index contributed by atoms with van der Waals surface area (Å²) < 4.78 is 5.24. The lowest BCUT2D eigenvalue weighted by atomic mass is 9.82. The van der Waals surface area contributed by atoms with Crippen LogP contribution in [0.1, 0.15) is 32.1 Å². The summed E-state index contributed by atoms with van der Waals surface area (Å²) in [6.45, 7) is 2.06. The van der Waals surface area contributed by atoms with Gasteiger partial charge in [0.25, 0.3) is 0 Å². The second-order valence-corrected chi connectivity index (χ2v) is 5.83. The maximum absolute atomic E-state index is 12.0. The molecule has 2 N–H and O–H groups in total. The smallest absolute Gasteiger partial charge is 0.317 e. The van der Waals surface area contributed by atoms with E-state index in [9.17, 15) is 9.59 Å². The molecule has 0 radical (unpaired) electrons. The van der Waals surface area contributed by atoms with E-state index in [1.165, 1.54) is 0 Å². The molecule has 114 valence electrons. The minimum Gasteiger partial charge on any atom is -0.481 e. The number of rotatable bonds is 4. The molecule has 2 fully saturated rings. The number of nitrogens with zero attached hydrogens (tertiary/aromatic N) is 1. The number of aliphatic carboxylic acids is 1. The number of urea groups is 1. The number of hydrogen-bond donors (Lipinski definition) is 2. The van der Waals surface area contributed by atoms with Crippen molar-refractivity contribution in [1.29, 1.82) is 0 Å². The van der Waals surface area contributed by atoms with E-state index >= 15 is 0 Å². The van der Waals surface area contributed by atoms with Crippen molar-refractivity contribution in [2.75, 3.05) is 26.7 Å². The summed E-state index contributed by atoms with van der Waals surface area (Å²) in [7, 11) is 1.67. The van der Waals surface area contributed by atoms with E-state index in [1.807, 2.05) is 0 Å².